The molecule has 0 aliphatic heterocycles. The van der Waals surface area contributed by atoms with E-state index in [4.69, 9.17) is 9.47 Å². The third-order valence-corrected chi connectivity index (χ3v) is 4.25. The van der Waals surface area contributed by atoms with Crippen molar-refractivity contribution in [2.75, 3.05) is 14.2 Å². The van der Waals surface area contributed by atoms with Crippen molar-refractivity contribution in [2.45, 2.75) is 6.42 Å². The van der Waals surface area contributed by atoms with E-state index >= 15 is 0 Å². The second kappa shape index (κ2) is 9.32. The van der Waals surface area contributed by atoms with Crippen LogP contribution in [0.4, 0.5) is 5.69 Å². The number of non-ortho nitro benzene ring substituents is 1. The zero-order valence-corrected chi connectivity index (χ0v) is 16.3. The Labute approximate surface area is 171 Å². The number of rotatable bonds is 8. The Bertz CT molecular complexity index is 1080. The van der Waals surface area contributed by atoms with Gasteiger partial charge in [0.25, 0.3) is 5.69 Å². The van der Waals surface area contributed by atoms with Gasteiger partial charge in [-0.3, -0.25) is 20.0 Å². The highest BCUT2D eigenvalue weighted by atomic mass is 16.6. The van der Waals surface area contributed by atoms with Gasteiger partial charge in [0.05, 0.1) is 43.7 Å². The molecule has 1 aromatic heterocycles. The number of hydrogen-bond acceptors (Lipinski definition) is 7. The zero-order chi connectivity index (χ0) is 21.5. The molecule has 0 saturated carbocycles. The molecule has 154 valence electrons. The predicted molar refractivity (Wildman–Crippen MR) is 110 cm³/mol. The van der Waals surface area contributed by atoms with E-state index in [0.717, 1.165) is 5.56 Å². The fraction of sp³-hybridized carbons (Fsp3) is 0.150. The summed E-state index contributed by atoms with van der Waals surface area (Å²) in [5.41, 5.74) is 5.22. The lowest BCUT2D eigenvalue weighted by Crippen LogP contribution is -2.19. The summed E-state index contributed by atoms with van der Waals surface area (Å²) in [4.78, 5) is 22.2. The molecule has 3 aromatic rings. The fourth-order valence-electron chi connectivity index (χ4n) is 2.75. The van der Waals surface area contributed by atoms with E-state index in [-0.39, 0.29) is 18.0 Å². The molecule has 0 spiro atoms. The van der Waals surface area contributed by atoms with E-state index in [9.17, 15) is 14.9 Å². The molecule has 1 heterocycles. The highest BCUT2D eigenvalue weighted by molar-refractivity contribution is 5.89. The number of hydrazone groups is 1. The minimum absolute atomic E-state index is 0.0279. The first-order valence-corrected chi connectivity index (χ1v) is 8.83. The molecule has 0 bridgehead atoms. The number of aromatic nitrogens is 2. The van der Waals surface area contributed by atoms with Crippen molar-refractivity contribution in [3.05, 3.63) is 69.9 Å². The Balaban J connectivity index is 1.66. The van der Waals surface area contributed by atoms with Crippen LogP contribution < -0.4 is 14.9 Å². The number of amides is 1. The Morgan fingerprint density at radius 2 is 1.93 bits per heavy atom. The maximum atomic E-state index is 12.1. The summed E-state index contributed by atoms with van der Waals surface area (Å²) >= 11 is 0. The number of nitro benzene ring substituents is 1. The molecule has 0 unspecified atom stereocenters. The first-order valence-electron chi connectivity index (χ1n) is 8.83. The first-order chi connectivity index (χ1) is 14.5. The molecule has 1 amide bonds. The molecule has 2 aromatic carbocycles. The van der Waals surface area contributed by atoms with Gasteiger partial charge in [0, 0.05) is 23.3 Å². The number of ether oxygens (including phenoxy) is 2. The average Bonchev–Trinajstić information content (AvgIpc) is 3.22. The van der Waals surface area contributed by atoms with Gasteiger partial charge in [-0.15, -0.1) is 0 Å². The van der Waals surface area contributed by atoms with Crippen molar-refractivity contribution in [1.29, 1.82) is 0 Å². The average molecular weight is 409 g/mol. The standard InChI is InChI=1S/C20H19N5O5/c1-29-17-8-5-14(10-18(17)30-2)20-15(12-22-24-20)11-21-23-19(26)9-13-3-6-16(7-4-13)25(27)28/h3-8,10-12H,9H2,1-2H3,(H,22,24)(H,23,26)/b21-11-. The van der Waals surface area contributed by atoms with Crippen molar-refractivity contribution in [3.63, 3.8) is 0 Å². The molecule has 0 atom stereocenters. The van der Waals surface area contributed by atoms with E-state index in [1.807, 2.05) is 6.07 Å². The van der Waals surface area contributed by atoms with E-state index in [1.54, 1.807) is 32.5 Å². The first kappa shape index (κ1) is 20.5. The molecular formula is C20H19N5O5. The largest absolute Gasteiger partial charge is 0.493 e. The summed E-state index contributed by atoms with van der Waals surface area (Å²) < 4.78 is 10.6. The summed E-state index contributed by atoms with van der Waals surface area (Å²) in [6, 6.07) is 11.2. The molecular weight excluding hydrogens is 390 g/mol. The Morgan fingerprint density at radius 1 is 1.20 bits per heavy atom. The van der Waals surface area contributed by atoms with Gasteiger partial charge in [-0.25, -0.2) is 5.43 Å². The number of methoxy groups -OCH3 is 2. The van der Waals surface area contributed by atoms with Gasteiger partial charge in [0.2, 0.25) is 5.91 Å². The van der Waals surface area contributed by atoms with E-state index < -0.39 is 4.92 Å². The Kier molecular flexibility index (Phi) is 6.38. The van der Waals surface area contributed by atoms with Crippen molar-refractivity contribution in [2.24, 2.45) is 5.10 Å². The van der Waals surface area contributed by atoms with E-state index in [2.05, 4.69) is 20.7 Å². The Morgan fingerprint density at radius 3 is 2.60 bits per heavy atom. The molecule has 10 heteroatoms. The van der Waals surface area contributed by atoms with Gasteiger partial charge < -0.3 is 9.47 Å². The number of carbonyl (C=O) groups is 1. The quantitative estimate of drug-likeness (QED) is 0.334. The van der Waals surface area contributed by atoms with Gasteiger partial charge in [-0.05, 0) is 23.8 Å². The second-order valence-corrected chi connectivity index (χ2v) is 6.16. The smallest absolute Gasteiger partial charge is 0.269 e. The van der Waals surface area contributed by atoms with Crippen LogP contribution in [-0.4, -0.2) is 41.5 Å². The summed E-state index contributed by atoms with van der Waals surface area (Å²) in [5.74, 6) is 0.828. The van der Waals surface area contributed by atoms with Gasteiger partial charge in [0.1, 0.15) is 0 Å². The molecule has 0 aliphatic carbocycles. The maximum absolute atomic E-state index is 12.1. The zero-order valence-electron chi connectivity index (χ0n) is 16.3. The minimum atomic E-state index is -0.491. The van der Waals surface area contributed by atoms with Crippen LogP contribution in [0.2, 0.25) is 0 Å². The summed E-state index contributed by atoms with van der Waals surface area (Å²) in [6.45, 7) is 0. The number of H-pyrrole nitrogens is 1. The van der Waals surface area contributed by atoms with Crippen molar-refractivity contribution in [3.8, 4) is 22.8 Å². The summed E-state index contributed by atoms with van der Waals surface area (Å²) in [5, 5.41) is 21.6. The van der Waals surface area contributed by atoms with Crippen LogP contribution in [0.3, 0.4) is 0 Å². The van der Waals surface area contributed by atoms with Crippen LogP contribution in [0, 0.1) is 10.1 Å². The number of benzene rings is 2. The molecule has 0 radical (unpaired) electrons. The fourth-order valence-corrected chi connectivity index (χ4v) is 2.75. The molecule has 10 nitrogen and oxygen atoms in total. The minimum Gasteiger partial charge on any atom is -0.493 e. The molecule has 0 fully saturated rings. The highest BCUT2D eigenvalue weighted by Gasteiger charge is 2.11. The second-order valence-electron chi connectivity index (χ2n) is 6.16. The van der Waals surface area contributed by atoms with Crippen LogP contribution in [0.1, 0.15) is 11.1 Å². The Hall–Kier alpha value is -4.21. The molecule has 3 rings (SSSR count). The number of nitro groups is 1. The number of nitrogens with one attached hydrogen (secondary N) is 2. The highest BCUT2D eigenvalue weighted by Crippen LogP contribution is 2.32. The monoisotopic (exact) mass is 409 g/mol. The van der Waals surface area contributed by atoms with Gasteiger partial charge in [-0.1, -0.05) is 12.1 Å². The number of nitrogens with zero attached hydrogens (tertiary/aromatic N) is 3. The molecule has 0 aliphatic rings. The van der Waals surface area contributed by atoms with Gasteiger partial charge in [-0.2, -0.15) is 10.2 Å². The molecule has 2 N–H and O–H groups in total. The van der Waals surface area contributed by atoms with Crippen molar-refractivity contribution < 1.29 is 19.2 Å². The van der Waals surface area contributed by atoms with Crippen LogP contribution in [-0.2, 0) is 11.2 Å². The third kappa shape index (κ3) is 4.79. The van der Waals surface area contributed by atoms with Crippen LogP contribution in [0.15, 0.2) is 53.8 Å². The van der Waals surface area contributed by atoms with E-state index in [0.29, 0.717) is 28.3 Å². The predicted octanol–water partition coefficient (Wildman–Crippen LogP) is 2.69. The van der Waals surface area contributed by atoms with Crippen LogP contribution in [0.25, 0.3) is 11.3 Å². The normalized spacial score (nSPS) is 10.7. The van der Waals surface area contributed by atoms with E-state index in [1.165, 1.54) is 30.5 Å². The summed E-state index contributed by atoms with van der Waals surface area (Å²) in [7, 11) is 3.11. The van der Waals surface area contributed by atoms with Gasteiger partial charge >= 0.3 is 0 Å². The lowest BCUT2D eigenvalue weighted by Gasteiger charge is -2.09. The molecule has 0 saturated heterocycles. The van der Waals surface area contributed by atoms with Crippen molar-refractivity contribution >= 4 is 17.8 Å². The summed E-state index contributed by atoms with van der Waals surface area (Å²) in [6.07, 6.45) is 3.10. The van der Waals surface area contributed by atoms with Crippen LogP contribution >= 0.6 is 0 Å². The number of aromatic amines is 1. The van der Waals surface area contributed by atoms with Crippen molar-refractivity contribution in [1.82, 2.24) is 15.6 Å². The lowest BCUT2D eigenvalue weighted by atomic mass is 10.1. The number of carbonyl (C=O) groups excluding carboxylic acids is 1. The maximum Gasteiger partial charge on any atom is 0.269 e. The molecule has 30 heavy (non-hydrogen) atoms. The topological polar surface area (TPSA) is 132 Å². The lowest BCUT2D eigenvalue weighted by molar-refractivity contribution is -0.384. The number of hydrogen-bond donors (Lipinski definition) is 2. The SMILES string of the molecule is COc1ccc(-c2[nH]ncc2/C=N\NC(=O)Cc2ccc([N+](=O)[O-])cc2)cc1OC. The van der Waals surface area contributed by atoms with Crippen LogP contribution in [0.5, 0.6) is 11.5 Å². The third-order valence-electron chi connectivity index (χ3n) is 4.25. The van der Waals surface area contributed by atoms with Gasteiger partial charge in [0.15, 0.2) is 11.5 Å².